The summed E-state index contributed by atoms with van der Waals surface area (Å²) in [6, 6.07) is 13.8. The zero-order chi connectivity index (χ0) is 32.2. The van der Waals surface area contributed by atoms with E-state index in [9.17, 15) is 4.79 Å². The highest BCUT2D eigenvalue weighted by molar-refractivity contribution is 6.74. The summed E-state index contributed by atoms with van der Waals surface area (Å²) in [6.45, 7) is 28.1. The highest BCUT2D eigenvalue weighted by Crippen LogP contribution is 2.42. The Morgan fingerprint density at radius 3 is 2.05 bits per heavy atom. The van der Waals surface area contributed by atoms with Gasteiger partial charge in [-0.2, -0.15) is 0 Å². The number of rotatable bonds is 12. The molecule has 1 saturated heterocycles. The molecule has 0 bridgehead atoms. The van der Waals surface area contributed by atoms with Crippen molar-refractivity contribution < 1.29 is 18.7 Å². The minimum atomic E-state index is -1.87. The number of carbonyl (C=O) groups excluding carboxylic acids is 1. The summed E-state index contributed by atoms with van der Waals surface area (Å²) in [5.41, 5.74) is 6.64. The lowest BCUT2D eigenvalue weighted by atomic mass is 9.69. The molecular weight excluding hydrogens is 549 g/mol. The molecule has 1 unspecified atom stereocenters. The van der Waals surface area contributed by atoms with Crippen LogP contribution in [0.3, 0.4) is 0 Å². The van der Waals surface area contributed by atoms with Gasteiger partial charge in [0.15, 0.2) is 8.32 Å². The van der Waals surface area contributed by atoms with Crippen LogP contribution >= 0.6 is 0 Å². The van der Waals surface area contributed by atoms with Crippen molar-refractivity contribution in [3.05, 3.63) is 64.2 Å². The molecule has 4 nitrogen and oxygen atoms in total. The largest absolute Gasteiger partial charge is 0.489 e. The number of ether oxygens (including phenoxy) is 2. The van der Waals surface area contributed by atoms with E-state index in [0.717, 1.165) is 49.8 Å². The molecule has 0 spiro atoms. The molecule has 0 amide bonds. The summed E-state index contributed by atoms with van der Waals surface area (Å²) >= 11 is 0. The van der Waals surface area contributed by atoms with E-state index in [1.165, 1.54) is 22.3 Å². The summed E-state index contributed by atoms with van der Waals surface area (Å²) in [7, 11) is -1.87. The van der Waals surface area contributed by atoms with Crippen LogP contribution < -0.4 is 4.74 Å². The van der Waals surface area contributed by atoms with Crippen LogP contribution in [0, 0.1) is 19.3 Å². The van der Waals surface area contributed by atoms with E-state index in [2.05, 4.69) is 119 Å². The van der Waals surface area contributed by atoms with Crippen LogP contribution in [-0.4, -0.2) is 33.1 Å². The molecule has 0 N–H and O–H groups in total. The van der Waals surface area contributed by atoms with Crippen LogP contribution in [0.1, 0.15) is 122 Å². The standard InChI is InChI=1S/C38H60O4Si/c1-13-38(14-2,31-21-22-33(28(4)25-31)40-26-32-16-15-17-35(39)41-32)30-20-18-29(27(3)24-30)19-23-34(36(5,6)7)42-43(11,12)37(8,9)10/h18,20-22,24-25,32,34H,13-17,19,23,26H2,1-12H3/t32?,34-/m0/s1. The maximum absolute atomic E-state index is 11.7. The number of aryl methyl sites for hydroxylation is 3. The predicted octanol–water partition coefficient (Wildman–Crippen LogP) is 10.3. The highest BCUT2D eigenvalue weighted by Gasteiger charge is 2.41. The zero-order valence-electron chi connectivity index (χ0n) is 29.4. The van der Waals surface area contributed by atoms with Crippen molar-refractivity contribution in [2.24, 2.45) is 5.41 Å². The maximum Gasteiger partial charge on any atom is 0.306 e. The summed E-state index contributed by atoms with van der Waals surface area (Å²) in [4.78, 5) is 11.7. The first-order chi connectivity index (χ1) is 19.9. The first kappa shape index (κ1) is 35.4. The average molecular weight is 609 g/mol. The van der Waals surface area contributed by atoms with Crippen molar-refractivity contribution in [1.82, 2.24) is 0 Å². The molecule has 1 aliphatic rings. The lowest BCUT2D eigenvalue weighted by molar-refractivity contribution is -0.155. The van der Waals surface area contributed by atoms with Crippen LogP contribution in [0.5, 0.6) is 5.75 Å². The Labute approximate surface area is 264 Å². The molecule has 3 rings (SSSR count). The van der Waals surface area contributed by atoms with Crippen LogP contribution in [0.2, 0.25) is 18.1 Å². The Morgan fingerprint density at radius 1 is 0.930 bits per heavy atom. The van der Waals surface area contributed by atoms with Crippen molar-refractivity contribution in [3.8, 4) is 5.75 Å². The van der Waals surface area contributed by atoms with Gasteiger partial charge in [0.25, 0.3) is 0 Å². The predicted molar refractivity (Wildman–Crippen MR) is 183 cm³/mol. The summed E-state index contributed by atoms with van der Waals surface area (Å²) < 4.78 is 18.6. The van der Waals surface area contributed by atoms with E-state index in [0.29, 0.717) is 13.0 Å². The lowest BCUT2D eigenvalue weighted by Gasteiger charge is -2.43. The second-order valence-corrected chi connectivity index (χ2v) is 20.3. The first-order valence-corrected chi connectivity index (χ1v) is 19.6. The molecule has 2 aromatic rings. The molecule has 0 aromatic heterocycles. The summed E-state index contributed by atoms with van der Waals surface area (Å²) in [6.07, 6.45) is 6.44. The third-order valence-corrected chi connectivity index (χ3v) is 14.8. The van der Waals surface area contributed by atoms with Gasteiger partial charge in [-0.25, -0.2) is 0 Å². The molecule has 0 radical (unpaired) electrons. The van der Waals surface area contributed by atoms with Gasteiger partial charge in [-0.15, -0.1) is 0 Å². The van der Waals surface area contributed by atoms with Crippen molar-refractivity contribution in [2.45, 2.75) is 150 Å². The smallest absolute Gasteiger partial charge is 0.306 e. The van der Waals surface area contributed by atoms with E-state index < -0.39 is 8.32 Å². The molecular formula is C38H60O4Si. The van der Waals surface area contributed by atoms with Gasteiger partial charge in [-0.3, -0.25) is 4.79 Å². The molecule has 43 heavy (non-hydrogen) atoms. The van der Waals surface area contributed by atoms with Gasteiger partial charge in [-0.05, 0) is 110 Å². The number of carbonyl (C=O) groups is 1. The van der Waals surface area contributed by atoms with Gasteiger partial charge in [0.1, 0.15) is 18.5 Å². The molecule has 2 aromatic carbocycles. The van der Waals surface area contributed by atoms with Crippen LogP contribution in [0.25, 0.3) is 0 Å². The fraction of sp³-hybridized carbons (Fsp3) is 0.658. The molecule has 0 aliphatic carbocycles. The topological polar surface area (TPSA) is 44.8 Å². The summed E-state index contributed by atoms with van der Waals surface area (Å²) in [5, 5.41) is 0.199. The van der Waals surface area contributed by atoms with Gasteiger partial charge < -0.3 is 13.9 Å². The molecule has 2 atom stereocenters. The number of benzene rings is 2. The average Bonchev–Trinajstić information content (AvgIpc) is 2.91. The van der Waals surface area contributed by atoms with E-state index in [4.69, 9.17) is 13.9 Å². The fourth-order valence-electron chi connectivity index (χ4n) is 6.18. The van der Waals surface area contributed by atoms with Crippen molar-refractivity contribution >= 4 is 14.3 Å². The van der Waals surface area contributed by atoms with Crippen LogP contribution in [-0.2, 0) is 25.8 Å². The second kappa shape index (κ2) is 13.9. The number of esters is 1. The number of hydrogen-bond acceptors (Lipinski definition) is 4. The van der Waals surface area contributed by atoms with Crippen molar-refractivity contribution in [1.29, 1.82) is 0 Å². The minimum absolute atomic E-state index is 0.0646. The normalized spacial score (nSPS) is 17.5. The van der Waals surface area contributed by atoms with Gasteiger partial charge in [-0.1, -0.05) is 85.7 Å². The molecule has 1 aliphatic heterocycles. The Morgan fingerprint density at radius 2 is 1.53 bits per heavy atom. The minimum Gasteiger partial charge on any atom is -0.489 e. The van der Waals surface area contributed by atoms with Gasteiger partial charge in [0, 0.05) is 11.8 Å². The highest BCUT2D eigenvalue weighted by atomic mass is 28.4. The lowest BCUT2D eigenvalue weighted by Crippen LogP contribution is -2.47. The monoisotopic (exact) mass is 608 g/mol. The maximum atomic E-state index is 11.7. The van der Waals surface area contributed by atoms with Crippen LogP contribution in [0.15, 0.2) is 36.4 Å². The Kier molecular flexibility index (Phi) is 11.4. The van der Waals surface area contributed by atoms with Gasteiger partial charge in [0.05, 0.1) is 6.10 Å². The number of cyclic esters (lactones) is 1. The van der Waals surface area contributed by atoms with Crippen LogP contribution in [0.4, 0.5) is 0 Å². The SMILES string of the molecule is CCC(CC)(c1ccc(CC[C@H](O[Si](C)(C)C(C)(C)C)C(C)(C)C)c(C)c1)c1ccc(OCC2CCCC(=O)O2)c(C)c1. The number of hydrogen-bond donors (Lipinski definition) is 0. The molecule has 1 fully saturated rings. The van der Waals surface area contributed by atoms with E-state index in [-0.39, 0.29) is 34.0 Å². The Hall–Kier alpha value is -2.11. The third-order valence-electron chi connectivity index (χ3n) is 10.3. The molecule has 1 heterocycles. The molecule has 5 heteroatoms. The van der Waals surface area contributed by atoms with E-state index in [1.807, 2.05) is 0 Å². The fourth-order valence-corrected chi connectivity index (χ4v) is 7.72. The van der Waals surface area contributed by atoms with Gasteiger partial charge in [0.2, 0.25) is 0 Å². The van der Waals surface area contributed by atoms with E-state index in [1.54, 1.807) is 0 Å². The molecule has 240 valence electrons. The van der Waals surface area contributed by atoms with Crippen molar-refractivity contribution in [2.75, 3.05) is 6.61 Å². The Balaban J connectivity index is 1.79. The second-order valence-electron chi connectivity index (χ2n) is 15.5. The van der Waals surface area contributed by atoms with Gasteiger partial charge >= 0.3 is 5.97 Å². The quantitative estimate of drug-likeness (QED) is 0.178. The van der Waals surface area contributed by atoms with E-state index >= 15 is 0 Å². The Bertz CT molecular complexity index is 1230. The first-order valence-electron chi connectivity index (χ1n) is 16.6. The van der Waals surface area contributed by atoms with Crippen molar-refractivity contribution in [3.63, 3.8) is 0 Å². The zero-order valence-corrected chi connectivity index (χ0v) is 30.4. The summed E-state index contributed by atoms with van der Waals surface area (Å²) in [5.74, 6) is 0.753. The molecule has 0 saturated carbocycles. The third kappa shape index (κ3) is 8.54.